The van der Waals surface area contributed by atoms with Crippen LogP contribution in [0.2, 0.25) is 0 Å². The molecule has 0 aliphatic carbocycles. The van der Waals surface area contributed by atoms with Crippen LogP contribution in [0.1, 0.15) is 33.3 Å². The number of halogens is 1. The fraction of sp³-hybridized carbons (Fsp3) is 0.571. The molecule has 17 heavy (non-hydrogen) atoms. The summed E-state index contributed by atoms with van der Waals surface area (Å²) in [6.07, 6.45) is 0. The van der Waals surface area contributed by atoms with E-state index in [1.807, 2.05) is 6.07 Å². The van der Waals surface area contributed by atoms with E-state index < -0.39 is 0 Å². The first-order valence-corrected chi connectivity index (χ1v) is 6.89. The average Bonchev–Trinajstić information content (AvgIpc) is 2.24. The molecule has 0 fully saturated rings. The summed E-state index contributed by atoms with van der Waals surface area (Å²) < 4.78 is 1.17. The van der Waals surface area contributed by atoms with Crippen LogP contribution in [-0.2, 0) is 6.54 Å². The molecule has 0 aromatic heterocycles. The Kier molecular flexibility index (Phi) is 5.63. The van der Waals surface area contributed by atoms with Gasteiger partial charge in [0.1, 0.15) is 0 Å². The smallest absolute Gasteiger partial charge is 0.0220 e. The number of nitrogens with one attached hydrogen (secondary N) is 2. The van der Waals surface area contributed by atoms with Crippen LogP contribution >= 0.6 is 15.9 Å². The number of benzene rings is 1. The minimum absolute atomic E-state index is 0.184. The Morgan fingerprint density at radius 2 is 1.88 bits per heavy atom. The molecule has 1 atom stereocenters. The van der Waals surface area contributed by atoms with Gasteiger partial charge in [-0.1, -0.05) is 34.1 Å². The van der Waals surface area contributed by atoms with E-state index in [0.717, 1.165) is 13.1 Å². The van der Waals surface area contributed by atoms with Crippen molar-refractivity contribution < 1.29 is 0 Å². The Morgan fingerprint density at radius 3 is 2.47 bits per heavy atom. The molecule has 0 saturated heterocycles. The Bertz CT molecular complexity index is 344. The molecule has 0 amide bonds. The molecule has 1 rings (SSSR count). The molecule has 0 heterocycles. The van der Waals surface area contributed by atoms with Gasteiger partial charge >= 0.3 is 0 Å². The quantitative estimate of drug-likeness (QED) is 0.871. The van der Waals surface area contributed by atoms with Gasteiger partial charge in [0.05, 0.1) is 0 Å². The second-order valence-electron chi connectivity index (χ2n) is 5.50. The maximum Gasteiger partial charge on any atom is 0.0220 e. The minimum Gasteiger partial charge on any atom is -0.311 e. The van der Waals surface area contributed by atoms with Gasteiger partial charge in [-0.25, -0.2) is 0 Å². The van der Waals surface area contributed by atoms with Crippen molar-refractivity contribution in [3.63, 3.8) is 0 Å². The summed E-state index contributed by atoms with van der Waals surface area (Å²) in [4.78, 5) is 0. The van der Waals surface area contributed by atoms with Crippen LogP contribution in [-0.4, -0.2) is 18.1 Å². The van der Waals surface area contributed by atoms with Crippen molar-refractivity contribution in [2.45, 2.75) is 45.8 Å². The molecule has 0 saturated carbocycles. The molecule has 0 spiro atoms. The molecule has 1 aromatic carbocycles. The van der Waals surface area contributed by atoms with Crippen molar-refractivity contribution >= 4 is 15.9 Å². The molecule has 1 unspecified atom stereocenters. The van der Waals surface area contributed by atoms with Gasteiger partial charge in [0, 0.05) is 29.1 Å². The van der Waals surface area contributed by atoms with E-state index >= 15 is 0 Å². The van der Waals surface area contributed by atoms with E-state index in [1.165, 1.54) is 10.0 Å². The van der Waals surface area contributed by atoms with E-state index in [4.69, 9.17) is 0 Å². The number of rotatable bonds is 5. The Labute approximate surface area is 113 Å². The maximum absolute atomic E-state index is 3.56. The third kappa shape index (κ3) is 6.20. The number of hydrogen-bond donors (Lipinski definition) is 2. The molecule has 0 radical (unpaired) electrons. The third-order valence-electron chi connectivity index (χ3n) is 2.54. The van der Waals surface area contributed by atoms with Crippen molar-refractivity contribution in [2.24, 2.45) is 0 Å². The van der Waals surface area contributed by atoms with Gasteiger partial charge in [0.2, 0.25) is 0 Å². The van der Waals surface area contributed by atoms with Gasteiger partial charge in [-0.3, -0.25) is 0 Å². The lowest BCUT2D eigenvalue weighted by Gasteiger charge is -2.24. The van der Waals surface area contributed by atoms with Crippen molar-refractivity contribution in [1.82, 2.24) is 10.6 Å². The summed E-state index contributed by atoms with van der Waals surface area (Å²) in [5, 5.41) is 7.02. The Morgan fingerprint density at radius 1 is 1.24 bits per heavy atom. The molecule has 1 aromatic rings. The maximum atomic E-state index is 3.56. The summed E-state index contributed by atoms with van der Waals surface area (Å²) in [5.74, 6) is 0. The first-order valence-electron chi connectivity index (χ1n) is 6.10. The highest BCUT2D eigenvalue weighted by Crippen LogP contribution is 2.15. The fourth-order valence-electron chi connectivity index (χ4n) is 1.46. The zero-order chi connectivity index (χ0) is 12.9. The molecular formula is C14H23BrN2. The molecular weight excluding hydrogens is 276 g/mol. The summed E-state index contributed by atoms with van der Waals surface area (Å²) in [6.45, 7) is 10.6. The summed E-state index contributed by atoms with van der Waals surface area (Å²) in [7, 11) is 0. The zero-order valence-electron chi connectivity index (χ0n) is 11.2. The first-order chi connectivity index (χ1) is 7.88. The third-order valence-corrected chi connectivity index (χ3v) is 3.31. The van der Waals surface area contributed by atoms with Gasteiger partial charge in [-0.2, -0.15) is 0 Å². The van der Waals surface area contributed by atoms with Crippen LogP contribution in [0.25, 0.3) is 0 Å². The van der Waals surface area contributed by atoms with Gasteiger partial charge in [-0.15, -0.1) is 0 Å². The van der Waals surface area contributed by atoms with Crippen LogP contribution in [0, 0.1) is 0 Å². The van der Waals surface area contributed by atoms with Crippen LogP contribution in [0.15, 0.2) is 28.7 Å². The minimum atomic E-state index is 0.184. The lowest BCUT2D eigenvalue weighted by atomic mass is 10.1. The summed E-state index contributed by atoms with van der Waals surface area (Å²) >= 11 is 3.56. The van der Waals surface area contributed by atoms with Crippen molar-refractivity contribution in [2.75, 3.05) is 6.54 Å². The largest absolute Gasteiger partial charge is 0.311 e. The summed E-state index contributed by atoms with van der Waals surface area (Å²) in [5.41, 5.74) is 1.48. The van der Waals surface area contributed by atoms with Gasteiger partial charge in [0.15, 0.2) is 0 Å². The second kappa shape index (κ2) is 6.53. The topological polar surface area (TPSA) is 24.1 Å². The second-order valence-corrected chi connectivity index (χ2v) is 6.36. The van der Waals surface area contributed by atoms with Crippen molar-refractivity contribution in [3.8, 4) is 0 Å². The van der Waals surface area contributed by atoms with E-state index in [1.54, 1.807) is 0 Å². The van der Waals surface area contributed by atoms with E-state index in [0.29, 0.717) is 6.04 Å². The molecule has 3 heteroatoms. The SMILES string of the molecule is CC(CNC(C)(C)C)NCc1ccccc1Br. The molecule has 0 aliphatic heterocycles. The predicted octanol–water partition coefficient (Wildman–Crippen LogP) is 3.32. The van der Waals surface area contributed by atoms with Crippen molar-refractivity contribution in [3.05, 3.63) is 34.3 Å². The highest BCUT2D eigenvalue weighted by Gasteiger charge is 2.10. The monoisotopic (exact) mass is 298 g/mol. The Balaban J connectivity index is 2.34. The Hall–Kier alpha value is -0.380. The van der Waals surface area contributed by atoms with Crippen LogP contribution in [0.4, 0.5) is 0 Å². The van der Waals surface area contributed by atoms with E-state index in [2.05, 4.69) is 72.5 Å². The highest BCUT2D eigenvalue weighted by atomic mass is 79.9. The standard InChI is InChI=1S/C14H23BrN2/c1-11(9-17-14(2,3)4)16-10-12-7-5-6-8-13(12)15/h5-8,11,16-17H,9-10H2,1-4H3. The fourth-order valence-corrected chi connectivity index (χ4v) is 1.88. The first kappa shape index (κ1) is 14.7. The molecule has 0 bridgehead atoms. The van der Waals surface area contributed by atoms with Gasteiger partial charge < -0.3 is 10.6 Å². The lowest BCUT2D eigenvalue weighted by molar-refractivity contribution is 0.387. The normalized spacial score (nSPS) is 13.7. The highest BCUT2D eigenvalue weighted by molar-refractivity contribution is 9.10. The summed E-state index contributed by atoms with van der Waals surface area (Å²) in [6, 6.07) is 8.79. The van der Waals surface area contributed by atoms with Crippen LogP contribution in [0.3, 0.4) is 0 Å². The van der Waals surface area contributed by atoms with E-state index in [-0.39, 0.29) is 5.54 Å². The molecule has 0 aliphatic rings. The van der Waals surface area contributed by atoms with Crippen LogP contribution in [0.5, 0.6) is 0 Å². The lowest BCUT2D eigenvalue weighted by Crippen LogP contribution is -2.44. The van der Waals surface area contributed by atoms with Crippen molar-refractivity contribution in [1.29, 1.82) is 0 Å². The van der Waals surface area contributed by atoms with E-state index in [9.17, 15) is 0 Å². The van der Waals surface area contributed by atoms with Crippen LogP contribution < -0.4 is 10.6 Å². The number of hydrogen-bond acceptors (Lipinski definition) is 2. The van der Waals surface area contributed by atoms with Gasteiger partial charge in [0.25, 0.3) is 0 Å². The average molecular weight is 299 g/mol. The van der Waals surface area contributed by atoms with Gasteiger partial charge in [-0.05, 0) is 39.3 Å². The predicted molar refractivity (Wildman–Crippen MR) is 78.2 cm³/mol. The zero-order valence-corrected chi connectivity index (χ0v) is 12.8. The molecule has 2 N–H and O–H groups in total. The molecule has 96 valence electrons. The molecule has 2 nitrogen and oxygen atoms in total.